The fraction of sp³-hybridized carbons (Fsp3) is 0.267. The number of methoxy groups -OCH3 is 2. The van der Waals surface area contributed by atoms with Gasteiger partial charge in [0.05, 0.1) is 14.2 Å². The van der Waals surface area contributed by atoms with Crippen molar-refractivity contribution in [2.45, 2.75) is 13.5 Å². The van der Waals surface area contributed by atoms with E-state index in [4.69, 9.17) is 15.2 Å². The lowest BCUT2D eigenvalue weighted by molar-refractivity contribution is 0.354. The number of aryl methyl sites for hydroxylation is 1. The third kappa shape index (κ3) is 3.12. The van der Waals surface area contributed by atoms with Gasteiger partial charge in [0.1, 0.15) is 5.82 Å². The van der Waals surface area contributed by atoms with Crippen LogP contribution in [0.3, 0.4) is 0 Å². The summed E-state index contributed by atoms with van der Waals surface area (Å²) in [5.41, 5.74) is 8.63. The highest BCUT2D eigenvalue weighted by atomic mass is 16.5. The van der Waals surface area contributed by atoms with Crippen molar-refractivity contribution in [1.82, 2.24) is 4.98 Å². The van der Waals surface area contributed by atoms with Gasteiger partial charge >= 0.3 is 0 Å². The molecule has 2 aromatic rings. The van der Waals surface area contributed by atoms with E-state index in [1.165, 1.54) is 0 Å². The zero-order chi connectivity index (χ0) is 14.5. The van der Waals surface area contributed by atoms with Crippen LogP contribution in [0.5, 0.6) is 11.5 Å². The summed E-state index contributed by atoms with van der Waals surface area (Å²) in [4.78, 5) is 4.28. The van der Waals surface area contributed by atoms with Crippen LogP contribution in [0.2, 0.25) is 0 Å². The Balaban J connectivity index is 2.08. The molecule has 0 unspecified atom stereocenters. The molecule has 0 saturated carbocycles. The highest BCUT2D eigenvalue weighted by Gasteiger charge is 2.05. The lowest BCUT2D eigenvalue weighted by atomic mass is 10.2. The molecular weight excluding hydrogens is 254 g/mol. The van der Waals surface area contributed by atoms with Gasteiger partial charge in [-0.25, -0.2) is 4.98 Å². The summed E-state index contributed by atoms with van der Waals surface area (Å²) in [5.74, 6) is 2.18. The molecule has 106 valence electrons. The second-order valence-corrected chi connectivity index (χ2v) is 4.47. The predicted octanol–water partition coefficient (Wildman–Crippen LogP) is 2.60. The summed E-state index contributed by atoms with van der Waals surface area (Å²) < 4.78 is 10.5. The first-order chi connectivity index (χ1) is 9.63. The van der Waals surface area contributed by atoms with Crippen LogP contribution < -0.4 is 20.5 Å². The SMILES string of the molecule is COc1ccc(CNc2cc(N)c(C)cn2)cc1OC. The van der Waals surface area contributed by atoms with Gasteiger partial charge in [0.2, 0.25) is 0 Å². The van der Waals surface area contributed by atoms with Crippen molar-refractivity contribution in [3.8, 4) is 11.5 Å². The van der Waals surface area contributed by atoms with Gasteiger partial charge in [0.15, 0.2) is 11.5 Å². The van der Waals surface area contributed by atoms with Crippen molar-refractivity contribution in [3.05, 3.63) is 41.6 Å². The molecule has 0 aliphatic carbocycles. The van der Waals surface area contributed by atoms with E-state index in [0.717, 1.165) is 22.6 Å². The quantitative estimate of drug-likeness (QED) is 0.876. The molecular formula is C15H19N3O2. The van der Waals surface area contributed by atoms with Gasteiger partial charge in [0.25, 0.3) is 0 Å². The molecule has 3 N–H and O–H groups in total. The van der Waals surface area contributed by atoms with E-state index in [2.05, 4.69) is 10.3 Å². The largest absolute Gasteiger partial charge is 0.493 e. The predicted molar refractivity (Wildman–Crippen MR) is 80.3 cm³/mol. The zero-order valence-electron chi connectivity index (χ0n) is 11.9. The van der Waals surface area contributed by atoms with Crippen LogP contribution >= 0.6 is 0 Å². The average Bonchev–Trinajstić information content (AvgIpc) is 2.48. The third-order valence-corrected chi connectivity index (χ3v) is 3.07. The van der Waals surface area contributed by atoms with Crippen LogP contribution in [0.25, 0.3) is 0 Å². The van der Waals surface area contributed by atoms with Crippen molar-refractivity contribution >= 4 is 11.5 Å². The van der Waals surface area contributed by atoms with Crippen molar-refractivity contribution < 1.29 is 9.47 Å². The number of aromatic nitrogens is 1. The summed E-state index contributed by atoms with van der Waals surface area (Å²) in [6, 6.07) is 7.62. The van der Waals surface area contributed by atoms with E-state index in [1.807, 2.05) is 31.2 Å². The average molecular weight is 273 g/mol. The fourth-order valence-electron chi connectivity index (χ4n) is 1.82. The lowest BCUT2D eigenvalue weighted by Gasteiger charge is -2.11. The van der Waals surface area contributed by atoms with E-state index >= 15 is 0 Å². The second-order valence-electron chi connectivity index (χ2n) is 4.47. The first-order valence-electron chi connectivity index (χ1n) is 6.31. The van der Waals surface area contributed by atoms with Gasteiger partial charge in [0, 0.05) is 24.5 Å². The number of nitrogens with two attached hydrogens (primary N) is 1. The summed E-state index contributed by atoms with van der Waals surface area (Å²) in [6.07, 6.45) is 1.76. The van der Waals surface area contributed by atoms with Crippen LogP contribution in [0, 0.1) is 6.92 Å². The van der Waals surface area contributed by atoms with Crippen LogP contribution in [0.4, 0.5) is 11.5 Å². The van der Waals surface area contributed by atoms with Gasteiger partial charge in [-0.15, -0.1) is 0 Å². The molecule has 1 heterocycles. The number of anilines is 2. The molecule has 0 saturated heterocycles. The number of rotatable bonds is 5. The molecule has 0 bridgehead atoms. The maximum absolute atomic E-state index is 5.86. The number of nitrogen functional groups attached to an aromatic ring is 1. The molecule has 5 nitrogen and oxygen atoms in total. The summed E-state index contributed by atoms with van der Waals surface area (Å²) >= 11 is 0. The van der Waals surface area contributed by atoms with Crippen molar-refractivity contribution in [1.29, 1.82) is 0 Å². The maximum Gasteiger partial charge on any atom is 0.161 e. The molecule has 5 heteroatoms. The normalized spacial score (nSPS) is 10.2. The van der Waals surface area contributed by atoms with E-state index < -0.39 is 0 Å². The smallest absolute Gasteiger partial charge is 0.161 e. The number of hydrogen-bond acceptors (Lipinski definition) is 5. The van der Waals surface area contributed by atoms with Crippen molar-refractivity contribution in [2.75, 3.05) is 25.3 Å². The van der Waals surface area contributed by atoms with Gasteiger partial charge in [-0.2, -0.15) is 0 Å². The molecule has 0 aliphatic heterocycles. The van der Waals surface area contributed by atoms with Gasteiger partial charge in [-0.1, -0.05) is 6.07 Å². The third-order valence-electron chi connectivity index (χ3n) is 3.07. The molecule has 20 heavy (non-hydrogen) atoms. The van der Waals surface area contributed by atoms with Crippen LogP contribution in [0.15, 0.2) is 30.5 Å². The van der Waals surface area contributed by atoms with E-state index in [-0.39, 0.29) is 0 Å². The highest BCUT2D eigenvalue weighted by Crippen LogP contribution is 2.27. The number of benzene rings is 1. The number of pyridine rings is 1. The Kier molecular flexibility index (Phi) is 4.30. The zero-order valence-corrected chi connectivity index (χ0v) is 11.9. The molecule has 0 spiro atoms. The Morgan fingerprint density at radius 3 is 2.55 bits per heavy atom. The molecule has 1 aromatic heterocycles. The highest BCUT2D eigenvalue weighted by molar-refractivity contribution is 5.53. The minimum atomic E-state index is 0.635. The van der Waals surface area contributed by atoms with Gasteiger partial charge < -0.3 is 20.5 Å². The topological polar surface area (TPSA) is 69.4 Å². The molecule has 0 atom stereocenters. The van der Waals surface area contributed by atoms with E-state index in [1.54, 1.807) is 20.4 Å². The number of hydrogen-bond donors (Lipinski definition) is 2. The Bertz CT molecular complexity index is 600. The Morgan fingerprint density at radius 1 is 1.15 bits per heavy atom. The Morgan fingerprint density at radius 2 is 1.90 bits per heavy atom. The Labute approximate surface area is 118 Å². The second kappa shape index (κ2) is 6.14. The van der Waals surface area contributed by atoms with Crippen LogP contribution in [-0.2, 0) is 6.54 Å². The van der Waals surface area contributed by atoms with Gasteiger partial charge in [-0.3, -0.25) is 0 Å². The van der Waals surface area contributed by atoms with E-state index in [0.29, 0.717) is 18.0 Å². The lowest BCUT2D eigenvalue weighted by Crippen LogP contribution is -2.03. The fourth-order valence-corrected chi connectivity index (χ4v) is 1.82. The minimum absolute atomic E-state index is 0.635. The van der Waals surface area contributed by atoms with Crippen molar-refractivity contribution in [2.24, 2.45) is 0 Å². The first-order valence-corrected chi connectivity index (χ1v) is 6.31. The molecule has 0 fully saturated rings. The van der Waals surface area contributed by atoms with Gasteiger partial charge in [-0.05, 0) is 30.2 Å². The van der Waals surface area contributed by atoms with E-state index in [9.17, 15) is 0 Å². The summed E-state index contributed by atoms with van der Waals surface area (Å²) in [6.45, 7) is 2.57. The minimum Gasteiger partial charge on any atom is -0.493 e. The Hall–Kier alpha value is -2.43. The summed E-state index contributed by atoms with van der Waals surface area (Å²) in [5, 5.41) is 3.23. The number of nitrogens with one attached hydrogen (secondary N) is 1. The maximum atomic E-state index is 5.86. The summed E-state index contributed by atoms with van der Waals surface area (Å²) in [7, 11) is 3.24. The molecule has 0 radical (unpaired) electrons. The standard InChI is InChI=1S/C15H19N3O2/c1-10-8-17-15(7-12(10)16)18-9-11-4-5-13(19-2)14(6-11)20-3/h4-8H,9H2,1-3H3,(H3,16,17,18). The number of ether oxygens (including phenoxy) is 2. The monoisotopic (exact) mass is 273 g/mol. The first kappa shape index (κ1) is 14.0. The van der Waals surface area contributed by atoms with Crippen molar-refractivity contribution in [3.63, 3.8) is 0 Å². The van der Waals surface area contributed by atoms with Crippen LogP contribution in [-0.4, -0.2) is 19.2 Å². The molecule has 2 rings (SSSR count). The number of nitrogens with zero attached hydrogens (tertiary/aromatic N) is 1. The van der Waals surface area contributed by atoms with Crippen LogP contribution in [0.1, 0.15) is 11.1 Å². The molecule has 0 aliphatic rings. The molecule has 1 aromatic carbocycles. The molecule has 0 amide bonds.